The van der Waals surface area contributed by atoms with Crippen LogP contribution in [0.1, 0.15) is 53.8 Å². The van der Waals surface area contributed by atoms with E-state index in [1.165, 1.54) is 17.2 Å². The Morgan fingerprint density at radius 3 is 2.52 bits per heavy atom. The Bertz CT molecular complexity index is 855. The molecule has 0 unspecified atom stereocenters. The molecule has 0 aliphatic rings. The number of benzene rings is 2. The van der Waals surface area contributed by atoms with Crippen molar-refractivity contribution in [2.24, 2.45) is 0 Å². The molecule has 0 atom stereocenters. The summed E-state index contributed by atoms with van der Waals surface area (Å²) in [7, 11) is 0. The molecule has 3 nitrogen and oxygen atoms in total. The monoisotopic (exact) mass is 338 g/mol. The molecule has 4 heteroatoms. The molecule has 0 fully saturated rings. The molecule has 0 saturated heterocycles. The summed E-state index contributed by atoms with van der Waals surface area (Å²) in [6.45, 7) is 6.33. The Morgan fingerprint density at radius 1 is 0.960 bits per heavy atom. The van der Waals surface area contributed by atoms with E-state index in [9.17, 15) is 4.39 Å². The lowest BCUT2D eigenvalue weighted by Crippen LogP contribution is -1.98. The van der Waals surface area contributed by atoms with E-state index < -0.39 is 0 Å². The molecule has 1 aromatic heterocycles. The van der Waals surface area contributed by atoms with Crippen LogP contribution in [0.2, 0.25) is 0 Å². The maximum absolute atomic E-state index is 13.9. The minimum atomic E-state index is -0.240. The molecule has 2 aromatic carbocycles. The smallest absolute Gasteiger partial charge is 0.221 e. The van der Waals surface area contributed by atoms with Crippen molar-refractivity contribution in [3.63, 3.8) is 0 Å². The molecule has 0 aliphatic carbocycles. The Labute approximate surface area is 147 Å². The standard InChI is InChI=1S/C21H23FN2O/c1-14(2)18-7-5-4-6-16(18)9-11-20-23-24-21(25-20)13-17-12-15(3)8-10-19(17)22/h4-8,10,12,14H,9,11,13H2,1-3H3. The molecule has 0 amide bonds. The minimum absolute atomic E-state index is 0.240. The highest BCUT2D eigenvalue weighted by Gasteiger charge is 2.12. The van der Waals surface area contributed by atoms with Crippen LogP contribution in [0.15, 0.2) is 46.9 Å². The highest BCUT2D eigenvalue weighted by atomic mass is 19.1. The first-order valence-corrected chi connectivity index (χ1v) is 8.67. The van der Waals surface area contributed by atoms with E-state index in [0.717, 1.165) is 12.0 Å². The molecule has 25 heavy (non-hydrogen) atoms. The highest BCUT2D eigenvalue weighted by Crippen LogP contribution is 2.21. The third kappa shape index (κ3) is 4.32. The average molecular weight is 338 g/mol. The summed E-state index contributed by atoms with van der Waals surface area (Å²) < 4.78 is 19.6. The molecular formula is C21H23FN2O. The van der Waals surface area contributed by atoms with Crippen LogP contribution in [0.5, 0.6) is 0 Å². The number of rotatable bonds is 6. The van der Waals surface area contributed by atoms with Gasteiger partial charge in [0.25, 0.3) is 0 Å². The van der Waals surface area contributed by atoms with E-state index in [1.54, 1.807) is 6.07 Å². The van der Waals surface area contributed by atoms with Crippen molar-refractivity contribution in [1.29, 1.82) is 0 Å². The van der Waals surface area contributed by atoms with Gasteiger partial charge in [-0.15, -0.1) is 10.2 Å². The van der Waals surface area contributed by atoms with Crippen LogP contribution in [-0.2, 0) is 19.3 Å². The van der Waals surface area contributed by atoms with E-state index in [1.807, 2.05) is 13.0 Å². The van der Waals surface area contributed by atoms with E-state index in [2.05, 4.69) is 48.3 Å². The molecule has 0 saturated carbocycles. The van der Waals surface area contributed by atoms with Gasteiger partial charge in [-0.05, 0) is 42.0 Å². The van der Waals surface area contributed by atoms with Crippen molar-refractivity contribution in [3.8, 4) is 0 Å². The second-order valence-corrected chi connectivity index (χ2v) is 6.71. The molecule has 130 valence electrons. The molecule has 0 N–H and O–H groups in total. The predicted molar refractivity (Wildman–Crippen MR) is 96.2 cm³/mol. The predicted octanol–water partition coefficient (Wildman–Crippen LogP) is 5.02. The summed E-state index contributed by atoms with van der Waals surface area (Å²) in [6, 6.07) is 13.5. The molecule has 0 radical (unpaired) electrons. The van der Waals surface area contributed by atoms with Crippen molar-refractivity contribution in [2.75, 3.05) is 0 Å². The van der Waals surface area contributed by atoms with E-state index in [0.29, 0.717) is 36.1 Å². The van der Waals surface area contributed by atoms with Crippen LogP contribution in [0.25, 0.3) is 0 Å². The number of halogens is 1. The van der Waals surface area contributed by atoms with Gasteiger partial charge in [-0.3, -0.25) is 0 Å². The first-order chi connectivity index (χ1) is 12.0. The van der Waals surface area contributed by atoms with Gasteiger partial charge in [0, 0.05) is 6.42 Å². The zero-order valence-electron chi connectivity index (χ0n) is 14.9. The number of hydrogen-bond acceptors (Lipinski definition) is 3. The van der Waals surface area contributed by atoms with Gasteiger partial charge in [0.2, 0.25) is 11.8 Å². The minimum Gasteiger partial charge on any atom is -0.425 e. The third-order valence-corrected chi connectivity index (χ3v) is 4.34. The van der Waals surface area contributed by atoms with E-state index in [-0.39, 0.29) is 5.82 Å². The Kier molecular flexibility index (Phi) is 5.27. The van der Waals surface area contributed by atoms with Crippen LogP contribution in [0.3, 0.4) is 0 Å². The van der Waals surface area contributed by atoms with Crippen LogP contribution in [0, 0.1) is 12.7 Å². The summed E-state index contributed by atoms with van der Waals surface area (Å²) in [5, 5.41) is 8.18. The van der Waals surface area contributed by atoms with Crippen LogP contribution < -0.4 is 0 Å². The fourth-order valence-electron chi connectivity index (χ4n) is 3.03. The summed E-state index contributed by atoms with van der Waals surface area (Å²) in [5.41, 5.74) is 4.26. The second-order valence-electron chi connectivity index (χ2n) is 6.71. The van der Waals surface area contributed by atoms with Crippen LogP contribution >= 0.6 is 0 Å². The molecule has 0 bridgehead atoms. The first kappa shape index (κ1) is 17.3. The fraction of sp³-hybridized carbons (Fsp3) is 0.333. The summed E-state index contributed by atoms with van der Waals surface area (Å²) in [4.78, 5) is 0. The molecular weight excluding hydrogens is 315 g/mol. The summed E-state index contributed by atoms with van der Waals surface area (Å²) >= 11 is 0. The zero-order chi connectivity index (χ0) is 17.8. The van der Waals surface area contributed by atoms with Gasteiger partial charge in [0.15, 0.2) is 0 Å². The number of aryl methyl sites for hydroxylation is 3. The van der Waals surface area contributed by atoms with Crippen molar-refractivity contribution >= 4 is 0 Å². The second kappa shape index (κ2) is 7.60. The van der Waals surface area contributed by atoms with Gasteiger partial charge in [0.1, 0.15) is 5.82 Å². The topological polar surface area (TPSA) is 38.9 Å². The number of aromatic nitrogens is 2. The molecule has 1 heterocycles. The zero-order valence-corrected chi connectivity index (χ0v) is 14.9. The van der Waals surface area contributed by atoms with E-state index in [4.69, 9.17) is 4.42 Å². The lowest BCUT2D eigenvalue weighted by atomic mass is 9.94. The largest absolute Gasteiger partial charge is 0.425 e. The fourth-order valence-corrected chi connectivity index (χ4v) is 3.03. The third-order valence-electron chi connectivity index (χ3n) is 4.34. The molecule has 0 spiro atoms. The number of nitrogens with zero attached hydrogens (tertiary/aromatic N) is 2. The Morgan fingerprint density at radius 2 is 1.72 bits per heavy atom. The quantitative estimate of drug-likeness (QED) is 0.634. The summed E-state index contributed by atoms with van der Waals surface area (Å²) in [6.07, 6.45) is 1.87. The van der Waals surface area contributed by atoms with Gasteiger partial charge in [-0.25, -0.2) is 4.39 Å². The Hall–Kier alpha value is -2.49. The van der Waals surface area contributed by atoms with E-state index >= 15 is 0 Å². The molecule has 3 aromatic rings. The molecule has 0 aliphatic heterocycles. The van der Waals surface area contributed by atoms with Crippen LogP contribution in [0.4, 0.5) is 4.39 Å². The summed E-state index contributed by atoms with van der Waals surface area (Å²) in [5.74, 6) is 1.30. The maximum Gasteiger partial charge on any atom is 0.221 e. The Balaban J connectivity index is 1.67. The van der Waals surface area contributed by atoms with Crippen molar-refractivity contribution < 1.29 is 8.81 Å². The normalized spacial score (nSPS) is 11.2. The van der Waals surface area contributed by atoms with Gasteiger partial charge >= 0.3 is 0 Å². The first-order valence-electron chi connectivity index (χ1n) is 8.67. The highest BCUT2D eigenvalue weighted by molar-refractivity contribution is 5.30. The lowest BCUT2D eigenvalue weighted by molar-refractivity contribution is 0.453. The van der Waals surface area contributed by atoms with Crippen molar-refractivity contribution in [3.05, 3.63) is 82.3 Å². The number of hydrogen-bond donors (Lipinski definition) is 0. The lowest BCUT2D eigenvalue weighted by Gasteiger charge is -2.11. The van der Waals surface area contributed by atoms with Crippen molar-refractivity contribution in [2.45, 2.75) is 46.0 Å². The van der Waals surface area contributed by atoms with Gasteiger partial charge in [0.05, 0.1) is 6.42 Å². The van der Waals surface area contributed by atoms with Crippen molar-refractivity contribution in [1.82, 2.24) is 10.2 Å². The maximum atomic E-state index is 13.9. The van der Waals surface area contributed by atoms with Gasteiger partial charge < -0.3 is 4.42 Å². The van der Waals surface area contributed by atoms with Gasteiger partial charge in [-0.2, -0.15) is 0 Å². The SMILES string of the molecule is Cc1ccc(F)c(Cc2nnc(CCc3ccccc3C(C)C)o2)c1. The molecule has 3 rings (SSSR count). The average Bonchev–Trinajstić information content (AvgIpc) is 3.04. The van der Waals surface area contributed by atoms with Gasteiger partial charge in [-0.1, -0.05) is 55.8 Å². The van der Waals surface area contributed by atoms with Crippen LogP contribution in [-0.4, -0.2) is 10.2 Å².